The Morgan fingerprint density at radius 1 is 1.32 bits per heavy atom. The fourth-order valence-corrected chi connectivity index (χ4v) is 1.81. The van der Waals surface area contributed by atoms with Crippen LogP contribution in [0.5, 0.6) is 0 Å². The summed E-state index contributed by atoms with van der Waals surface area (Å²) in [5.74, 6) is -1.68. The van der Waals surface area contributed by atoms with Crippen molar-refractivity contribution in [3.05, 3.63) is 35.4 Å². The lowest BCUT2D eigenvalue weighted by atomic mass is 10.1. The number of aliphatic carboxylic acids is 1. The van der Waals surface area contributed by atoms with Gasteiger partial charge in [0.05, 0.1) is 5.92 Å². The van der Waals surface area contributed by atoms with Gasteiger partial charge in [-0.15, -0.1) is 0 Å². The highest BCUT2D eigenvalue weighted by Gasteiger charge is 2.18. The minimum atomic E-state index is -0.930. The van der Waals surface area contributed by atoms with Crippen LogP contribution in [0.2, 0.25) is 0 Å². The predicted molar refractivity (Wildman–Crippen MR) is 73.9 cm³/mol. The molecule has 0 aliphatic heterocycles. The maximum atomic E-state index is 11.8. The van der Waals surface area contributed by atoms with Crippen LogP contribution < -0.4 is 0 Å². The molecule has 0 fully saturated rings. The van der Waals surface area contributed by atoms with Crippen molar-refractivity contribution in [2.75, 3.05) is 13.6 Å². The predicted octanol–water partition coefficient (Wildman–Crippen LogP) is 2.11. The van der Waals surface area contributed by atoms with Crippen LogP contribution in [0.15, 0.2) is 24.3 Å². The van der Waals surface area contributed by atoms with Gasteiger partial charge in [-0.1, -0.05) is 31.2 Å². The number of hydrogen-bond acceptors (Lipinski definition) is 2. The summed E-state index contributed by atoms with van der Waals surface area (Å²) in [6.45, 7) is 4.20. The number of aryl methyl sites for hydroxylation is 1. The lowest BCUT2D eigenvalue weighted by Gasteiger charge is -2.19. The molecule has 0 spiro atoms. The van der Waals surface area contributed by atoms with E-state index in [2.05, 4.69) is 0 Å². The van der Waals surface area contributed by atoms with Gasteiger partial charge >= 0.3 is 5.97 Å². The summed E-state index contributed by atoms with van der Waals surface area (Å²) in [5, 5.41) is 8.79. The summed E-state index contributed by atoms with van der Waals surface area (Å²) >= 11 is 0. The van der Waals surface area contributed by atoms with Crippen molar-refractivity contribution in [3.8, 4) is 0 Å². The average Bonchev–Trinajstić information content (AvgIpc) is 2.37. The van der Waals surface area contributed by atoms with Crippen molar-refractivity contribution >= 4 is 11.9 Å². The van der Waals surface area contributed by atoms with Gasteiger partial charge in [0, 0.05) is 20.0 Å². The molecule has 0 aromatic heterocycles. The summed E-state index contributed by atoms with van der Waals surface area (Å²) in [6.07, 6.45) is 0.843. The number of rotatable bonds is 6. The minimum absolute atomic E-state index is 0.0552. The molecule has 0 aliphatic carbocycles. The Labute approximate surface area is 114 Å². The molecule has 0 saturated heterocycles. The standard InChI is InChI=1S/C15H21NO3/c1-11-6-4-5-7-13(11)8-9-16(3)14(17)10-12(2)15(18)19/h4-7,12H,8-10H2,1-3H3,(H,18,19). The molecule has 1 rings (SSSR count). The Balaban J connectivity index is 2.47. The molecule has 0 bridgehead atoms. The van der Waals surface area contributed by atoms with Gasteiger partial charge in [0.25, 0.3) is 0 Å². The maximum absolute atomic E-state index is 11.8. The zero-order valence-corrected chi connectivity index (χ0v) is 11.7. The van der Waals surface area contributed by atoms with Crippen molar-refractivity contribution in [1.82, 2.24) is 4.90 Å². The first kappa shape index (κ1) is 15.2. The second-order valence-electron chi connectivity index (χ2n) is 4.94. The van der Waals surface area contributed by atoms with Gasteiger partial charge in [-0.3, -0.25) is 9.59 Å². The second kappa shape index (κ2) is 6.92. The van der Waals surface area contributed by atoms with E-state index in [0.717, 1.165) is 6.42 Å². The van der Waals surface area contributed by atoms with E-state index in [9.17, 15) is 9.59 Å². The number of nitrogens with zero attached hydrogens (tertiary/aromatic N) is 1. The zero-order valence-electron chi connectivity index (χ0n) is 11.7. The number of amides is 1. The highest BCUT2D eigenvalue weighted by molar-refractivity contribution is 5.81. The van der Waals surface area contributed by atoms with Crippen molar-refractivity contribution in [2.24, 2.45) is 5.92 Å². The molecule has 104 valence electrons. The quantitative estimate of drug-likeness (QED) is 0.855. The molecule has 0 heterocycles. The molecule has 1 N–H and O–H groups in total. The number of hydrogen-bond donors (Lipinski definition) is 1. The van der Waals surface area contributed by atoms with Crippen LogP contribution in [0, 0.1) is 12.8 Å². The van der Waals surface area contributed by atoms with Gasteiger partial charge in [-0.2, -0.15) is 0 Å². The summed E-state index contributed by atoms with van der Waals surface area (Å²) < 4.78 is 0. The van der Waals surface area contributed by atoms with E-state index >= 15 is 0 Å². The Hall–Kier alpha value is -1.84. The second-order valence-corrected chi connectivity index (χ2v) is 4.94. The largest absolute Gasteiger partial charge is 0.481 e. The summed E-state index contributed by atoms with van der Waals surface area (Å²) in [5.41, 5.74) is 2.43. The molecule has 1 unspecified atom stereocenters. The zero-order chi connectivity index (χ0) is 14.4. The van der Waals surface area contributed by atoms with E-state index in [1.165, 1.54) is 11.1 Å². The van der Waals surface area contributed by atoms with E-state index in [0.29, 0.717) is 6.54 Å². The third-order valence-electron chi connectivity index (χ3n) is 3.31. The fourth-order valence-electron chi connectivity index (χ4n) is 1.81. The number of benzene rings is 1. The third kappa shape index (κ3) is 4.73. The highest BCUT2D eigenvalue weighted by Crippen LogP contribution is 2.09. The molecule has 4 nitrogen and oxygen atoms in total. The molecule has 1 amide bonds. The molecular weight excluding hydrogens is 242 g/mol. The Morgan fingerprint density at radius 2 is 1.95 bits per heavy atom. The normalized spacial score (nSPS) is 11.9. The summed E-state index contributed by atoms with van der Waals surface area (Å²) in [6, 6.07) is 8.07. The number of carboxylic acids is 1. The lowest BCUT2D eigenvalue weighted by molar-refractivity contribution is -0.144. The smallest absolute Gasteiger partial charge is 0.306 e. The van der Waals surface area contributed by atoms with Crippen LogP contribution in [-0.4, -0.2) is 35.5 Å². The SMILES string of the molecule is Cc1ccccc1CCN(C)C(=O)CC(C)C(=O)O. The highest BCUT2D eigenvalue weighted by atomic mass is 16.4. The molecule has 19 heavy (non-hydrogen) atoms. The molecular formula is C15H21NO3. The molecule has 4 heteroatoms. The van der Waals surface area contributed by atoms with E-state index in [4.69, 9.17) is 5.11 Å². The lowest BCUT2D eigenvalue weighted by Crippen LogP contribution is -2.31. The first-order valence-corrected chi connectivity index (χ1v) is 6.43. The van der Waals surface area contributed by atoms with Gasteiger partial charge in [0.2, 0.25) is 5.91 Å². The Kier molecular flexibility index (Phi) is 5.55. The van der Waals surface area contributed by atoms with Gasteiger partial charge in [0.1, 0.15) is 0 Å². The van der Waals surface area contributed by atoms with Crippen LogP contribution >= 0.6 is 0 Å². The molecule has 1 aromatic carbocycles. The maximum Gasteiger partial charge on any atom is 0.306 e. The van der Waals surface area contributed by atoms with E-state index in [-0.39, 0.29) is 12.3 Å². The Bertz CT molecular complexity index is 456. The first-order valence-electron chi connectivity index (χ1n) is 6.43. The van der Waals surface area contributed by atoms with Crippen LogP contribution in [-0.2, 0) is 16.0 Å². The molecule has 0 radical (unpaired) electrons. The van der Waals surface area contributed by atoms with Gasteiger partial charge in [-0.25, -0.2) is 0 Å². The number of carboxylic acid groups (broad SMARTS) is 1. The van der Waals surface area contributed by atoms with Crippen molar-refractivity contribution in [1.29, 1.82) is 0 Å². The topological polar surface area (TPSA) is 57.6 Å². The van der Waals surface area contributed by atoms with Gasteiger partial charge in [0.15, 0.2) is 0 Å². The first-order chi connectivity index (χ1) is 8.91. The number of carbonyl (C=O) groups is 2. The van der Waals surface area contributed by atoms with Crippen LogP contribution in [0.3, 0.4) is 0 Å². The number of carbonyl (C=O) groups excluding carboxylic acids is 1. The van der Waals surface area contributed by atoms with Crippen molar-refractivity contribution in [3.63, 3.8) is 0 Å². The minimum Gasteiger partial charge on any atom is -0.481 e. The number of likely N-dealkylation sites (N-methyl/N-ethyl adjacent to an activating group) is 1. The van der Waals surface area contributed by atoms with Gasteiger partial charge in [-0.05, 0) is 24.5 Å². The van der Waals surface area contributed by atoms with Crippen molar-refractivity contribution < 1.29 is 14.7 Å². The van der Waals surface area contributed by atoms with E-state index < -0.39 is 11.9 Å². The van der Waals surface area contributed by atoms with Crippen LogP contribution in [0.25, 0.3) is 0 Å². The van der Waals surface area contributed by atoms with Crippen LogP contribution in [0.1, 0.15) is 24.5 Å². The molecule has 1 atom stereocenters. The van der Waals surface area contributed by atoms with Crippen LogP contribution in [0.4, 0.5) is 0 Å². The third-order valence-corrected chi connectivity index (χ3v) is 3.31. The average molecular weight is 263 g/mol. The molecule has 1 aromatic rings. The molecule has 0 saturated carbocycles. The van der Waals surface area contributed by atoms with E-state index in [1.54, 1.807) is 18.9 Å². The molecule has 0 aliphatic rings. The fraction of sp³-hybridized carbons (Fsp3) is 0.467. The van der Waals surface area contributed by atoms with Gasteiger partial charge < -0.3 is 10.0 Å². The summed E-state index contributed by atoms with van der Waals surface area (Å²) in [4.78, 5) is 24.1. The van der Waals surface area contributed by atoms with E-state index in [1.807, 2.05) is 31.2 Å². The van der Waals surface area contributed by atoms with Crippen molar-refractivity contribution in [2.45, 2.75) is 26.7 Å². The monoisotopic (exact) mass is 263 g/mol. The summed E-state index contributed by atoms with van der Waals surface area (Å²) in [7, 11) is 1.72. The Morgan fingerprint density at radius 3 is 2.53 bits per heavy atom.